The zero-order chi connectivity index (χ0) is 23.4. The standard InChI is InChI=1S/C26H25N3O4/c1-3-26(19-9-5-4-6-10-19)24(31)29(25(32)28-26)17-23(30)27-21-11-7-8-12-22(21)33-20-15-13-18(2)14-16-20/h4-16H,3,17H2,1-2H3,(H,27,30)(H,28,32). The normalized spacial score (nSPS) is 17.6. The van der Waals surface area contributed by atoms with Crippen molar-refractivity contribution in [2.45, 2.75) is 25.8 Å². The minimum Gasteiger partial charge on any atom is -0.455 e. The van der Waals surface area contributed by atoms with Gasteiger partial charge in [-0.1, -0.05) is 67.1 Å². The number of rotatable bonds is 7. The van der Waals surface area contributed by atoms with Gasteiger partial charge in [-0.3, -0.25) is 14.5 Å². The molecule has 0 spiro atoms. The van der Waals surface area contributed by atoms with Crippen LogP contribution in [0.2, 0.25) is 0 Å². The molecule has 168 valence electrons. The fourth-order valence-corrected chi connectivity index (χ4v) is 3.86. The van der Waals surface area contributed by atoms with E-state index >= 15 is 0 Å². The first kappa shape index (κ1) is 22.1. The highest BCUT2D eigenvalue weighted by atomic mass is 16.5. The first-order chi connectivity index (χ1) is 15.9. The largest absolute Gasteiger partial charge is 0.455 e. The Labute approximate surface area is 192 Å². The van der Waals surface area contributed by atoms with Gasteiger partial charge in [0.1, 0.15) is 17.8 Å². The summed E-state index contributed by atoms with van der Waals surface area (Å²) in [6, 6.07) is 23.0. The summed E-state index contributed by atoms with van der Waals surface area (Å²) in [5, 5.41) is 5.54. The topological polar surface area (TPSA) is 87.7 Å². The molecule has 0 aliphatic carbocycles. The summed E-state index contributed by atoms with van der Waals surface area (Å²) in [4.78, 5) is 39.6. The van der Waals surface area contributed by atoms with Crippen molar-refractivity contribution in [3.05, 3.63) is 90.0 Å². The average Bonchev–Trinajstić information content (AvgIpc) is 3.07. The molecule has 1 fully saturated rings. The summed E-state index contributed by atoms with van der Waals surface area (Å²) in [6.07, 6.45) is 0.368. The molecule has 7 nitrogen and oxygen atoms in total. The predicted molar refractivity (Wildman–Crippen MR) is 125 cm³/mol. The molecule has 3 aromatic carbocycles. The molecule has 4 rings (SSSR count). The molecule has 0 radical (unpaired) electrons. The van der Waals surface area contributed by atoms with Crippen LogP contribution in [0.3, 0.4) is 0 Å². The number of nitrogens with one attached hydrogen (secondary N) is 2. The number of ether oxygens (including phenoxy) is 1. The molecule has 1 unspecified atom stereocenters. The Kier molecular flexibility index (Phi) is 6.13. The number of anilines is 1. The Bertz CT molecular complexity index is 1180. The third-order valence-corrected chi connectivity index (χ3v) is 5.68. The molecule has 1 atom stereocenters. The molecule has 3 aromatic rings. The van der Waals surface area contributed by atoms with Gasteiger partial charge in [-0.25, -0.2) is 4.79 Å². The van der Waals surface area contributed by atoms with Gasteiger partial charge in [0.15, 0.2) is 5.75 Å². The summed E-state index contributed by atoms with van der Waals surface area (Å²) in [6.45, 7) is 3.41. The van der Waals surface area contributed by atoms with Crippen LogP contribution in [0, 0.1) is 6.92 Å². The molecule has 4 amide bonds. The number of carbonyl (C=O) groups is 3. The van der Waals surface area contributed by atoms with Crippen LogP contribution in [0.5, 0.6) is 11.5 Å². The van der Waals surface area contributed by atoms with Crippen molar-refractivity contribution < 1.29 is 19.1 Å². The molecule has 1 aliphatic heterocycles. The lowest BCUT2D eigenvalue weighted by Gasteiger charge is -2.25. The quantitative estimate of drug-likeness (QED) is 0.523. The number of urea groups is 1. The van der Waals surface area contributed by atoms with E-state index in [1.165, 1.54) is 0 Å². The molecular weight excluding hydrogens is 418 g/mol. The van der Waals surface area contributed by atoms with Crippen LogP contribution in [0.25, 0.3) is 0 Å². The van der Waals surface area contributed by atoms with Gasteiger partial charge >= 0.3 is 6.03 Å². The zero-order valence-electron chi connectivity index (χ0n) is 18.5. The number of carbonyl (C=O) groups excluding carboxylic acids is 3. The fraction of sp³-hybridized carbons (Fsp3) is 0.192. The Balaban J connectivity index is 1.49. The van der Waals surface area contributed by atoms with E-state index in [9.17, 15) is 14.4 Å². The van der Waals surface area contributed by atoms with Gasteiger partial charge < -0.3 is 15.4 Å². The van der Waals surface area contributed by atoms with Gasteiger partial charge in [-0.15, -0.1) is 0 Å². The molecule has 0 saturated carbocycles. The highest BCUT2D eigenvalue weighted by Gasteiger charge is 2.51. The second kappa shape index (κ2) is 9.16. The van der Waals surface area contributed by atoms with E-state index in [4.69, 9.17) is 4.74 Å². The summed E-state index contributed by atoms with van der Waals surface area (Å²) in [5.41, 5.74) is 1.06. The van der Waals surface area contributed by atoms with Crippen molar-refractivity contribution in [3.63, 3.8) is 0 Å². The maximum Gasteiger partial charge on any atom is 0.325 e. The van der Waals surface area contributed by atoms with Crippen LogP contribution >= 0.6 is 0 Å². The SMILES string of the molecule is CCC1(c2ccccc2)NC(=O)N(CC(=O)Nc2ccccc2Oc2ccc(C)cc2)C1=O. The van der Waals surface area contributed by atoms with Gasteiger partial charge in [0.25, 0.3) is 5.91 Å². The molecule has 7 heteroatoms. The van der Waals surface area contributed by atoms with E-state index < -0.39 is 29.9 Å². The summed E-state index contributed by atoms with van der Waals surface area (Å²) in [7, 11) is 0. The molecule has 0 aromatic heterocycles. The highest BCUT2D eigenvalue weighted by molar-refractivity contribution is 6.10. The second-order valence-corrected chi connectivity index (χ2v) is 7.91. The molecule has 2 N–H and O–H groups in total. The zero-order valence-corrected chi connectivity index (χ0v) is 18.5. The number of hydrogen-bond acceptors (Lipinski definition) is 4. The van der Waals surface area contributed by atoms with Crippen LogP contribution in [0.4, 0.5) is 10.5 Å². The molecule has 1 aliphatic rings. The number of benzene rings is 3. The van der Waals surface area contributed by atoms with E-state index in [1.54, 1.807) is 36.4 Å². The Morgan fingerprint density at radius 3 is 2.33 bits per heavy atom. The van der Waals surface area contributed by atoms with Crippen molar-refractivity contribution in [2.75, 3.05) is 11.9 Å². The van der Waals surface area contributed by atoms with E-state index in [-0.39, 0.29) is 0 Å². The average molecular weight is 444 g/mol. The first-order valence-corrected chi connectivity index (χ1v) is 10.8. The van der Waals surface area contributed by atoms with Crippen LogP contribution in [0.1, 0.15) is 24.5 Å². The second-order valence-electron chi connectivity index (χ2n) is 7.91. The van der Waals surface area contributed by atoms with Crippen molar-refractivity contribution in [1.82, 2.24) is 10.2 Å². The summed E-state index contributed by atoms with van der Waals surface area (Å²) >= 11 is 0. The van der Waals surface area contributed by atoms with E-state index in [1.807, 2.05) is 56.3 Å². The highest BCUT2D eigenvalue weighted by Crippen LogP contribution is 2.33. The van der Waals surface area contributed by atoms with Crippen molar-refractivity contribution in [3.8, 4) is 11.5 Å². The molecule has 1 heterocycles. The maximum atomic E-state index is 13.2. The number of aryl methyl sites for hydroxylation is 1. The third-order valence-electron chi connectivity index (χ3n) is 5.68. The number of para-hydroxylation sites is 2. The van der Waals surface area contributed by atoms with Crippen LogP contribution < -0.4 is 15.4 Å². The lowest BCUT2D eigenvalue weighted by molar-refractivity contribution is -0.134. The monoisotopic (exact) mass is 443 g/mol. The predicted octanol–water partition coefficient (Wildman–Crippen LogP) is 4.58. The van der Waals surface area contributed by atoms with Crippen molar-refractivity contribution in [2.24, 2.45) is 0 Å². The first-order valence-electron chi connectivity index (χ1n) is 10.8. The van der Waals surface area contributed by atoms with E-state index in [0.717, 1.165) is 10.5 Å². The molecule has 0 bridgehead atoms. The van der Waals surface area contributed by atoms with Crippen LogP contribution in [0.15, 0.2) is 78.9 Å². The van der Waals surface area contributed by atoms with Crippen LogP contribution in [-0.2, 0) is 15.1 Å². The molecular formula is C26H25N3O4. The third kappa shape index (κ3) is 4.43. The Morgan fingerprint density at radius 2 is 1.64 bits per heavy atom. The number of imide groups is 1. The number of nitrogens with zero attached hydrogens (tertiary/aromatic N) is 1. The minimum atomic E-state index is -1.18. The van der Waals surface area contributed by atoms with Gasteiger partial charge in [-0.05, 0) is 43.2 Å². The number of amides is 4. The van der Waals surface area contributed by atoms with Gasteiger partial charge in [0.05, 0.1) is 5.69 Å². The van der Waals surface area contributed by atoms with Gasteiger partial charge in [0, 0.05) is 0 Å². The lowest BCUT2D eigenvalue weighted by Crippen LogP contribution is -2.44. The smallest absolute Gasteiger partial charge is 0.325 e. The Morgan fingerprint density at radius 1 is 0.970 bits per heavy atom. The molecule has 33 heavy (non-hydrogen) atoms. The summed E-state index contributed by atoms with van der Waals surface area (Å²) in [5.74, 6) is 0.144. The van der Waals surface area contributed by atoms with Crippen molar-refractivity contribution in [1.29, 1.82) is 0 Å². The number of hydrogen-bond donors (Lipinski definition) is 2. The maximum absolute atomic E-state index is 13.2. The van der Waals surface area contributed by atoms with Gasteiger partial charge in [-0.2, -0.15) is 0 Å². The summed E-state index contributed by atoms with van der Waals surface area (Å²) < 4.78 is 5.91. The van der Waals surface area contributed by atoms with Crippen LogP contribution in [-0.4, -0.2) is 29.3 Å². The van der Waals surface area contributed by atoms with Crippen molar-refractivity contribution >= 4 is 23.5 Å². The van der Waals surface area contributed by atoms with E-state index in [2.05, 4.69) is 10.6 Å². The lowest BCUT2D eigenvalue weighted by atomic mass is 9.87. The minimum absolute atomic E-state index is 0.368. The van der Waals surface area contributed by atoms with E-state index in [0.29, 0.717) is 29.2 Å². The van der Waals surface area contributed by atoms with Gasteiger partial charge in [0.2, 0.25) is 5.91 Å². The molecule has 1 saturated heterocycles. The Hall–Kier alpha value is -4.13. The fourth-order valence-electron chi connectivity index (χ4n) is 3.86.